The van der Waals surface area contributed by atoms with E-state index < -0.39 is 23.9 Å². The van der Waals surface area contributed by atoms with Gasteiger partial charge in [-0.25, -0.2) is 0 Å². The standard InChI is InChI=1S/C18H36O2.C18H34O2.C4H6O4.4Pd/c2*1-2-3-4-5-6-7-8-9-10-11-12-13-14-15-16-17-18(19)20;5-3(6)1-2-4(7)8;;;;/h2-17H2,1H3,(H,19,20);9-10H,2-8,11-17H2,1H3,(H,19,20);1-2H2,(H,5,6)(H,7,8);;;;. The summed E-state index contributed by atoms with van der Waals surface area (Å²) in [7, 11) is 0. The Hall–Kier alpha value is 0.269. The second-order valence-corrected chi connectivity index (χ2v) is 13.1. The van der Waals surface area contributed by atoms with Gasteiger partial charge in [0.05, 0.1) is 12.8 Å². The van der Waals surface area contributed by atoms with Crippen molar-refractivity contribution >= 4 is 23.9 Å². The molecule has 0 spiro atoms. The maximum absolute atomic E-state index is 10.3. The Bertz CT molecular complexity index is 741. The molecule has 0 bridgehead atoms. The van der Waals surface area contributed by atoms with E-state index in [1.165, 1.54) is 154 Å². The van der Waals surface area contributed by atoms with Crippen molar-refractivity contribution in [2.45, 2.75) is 219 Å². The van der Waals surface area contributed by atoms with Crippen molar-refractivity contribution in [3.8, 4) is 0 Å². The molecule has 0 amide bonds. The number of rotatable bonds is 34. The summed E-state index contributed by atoms with van der Waals surface area (Å²) in [6, 6.07) is 0. The van der Waals surface area contributed by atoms with E-state index in [0.29, 0.717) is 12.8 Å². The van der Waals surface area contributed by atoms with E-state index >= 15 is 0 Å². The Balaban J connectivity index is -0.000000121. The van der Waals surface area contributed by atoms with Crippen LogP contribution in [0.4, 0.5) is 0 Å². The van der Waals surface area contributed by atoms with E-state index in [0.717, 1.165) is 25.7 Å². The summed E-state index contributed by atoms with van der Waals surface area (Å²) >= 11 is 0. The van der Waals surface area contributed by atoms with Gasteiger partial charge in [-0.1, -0.05) is 167 Å². The molecule has 0 radical (unpaired) electrons. The van der Waals surface area contributed by atoms with Crippen LogP contribution in [0.25, 0.3) is 0 Å². The molecule has 324 valence electrons. The minimum atomic E-state index is -1.08. The van der Waals surface area contributed by atoms with E-state index in [1.807, 2.05) is 0 Å². The number of hydrogen-bond acceptors (Lipinski definition) is 4. The molecule has 8 nitrogen and oxygen atoms in total. The number of carbonyl (C=O) groups is 4. The molecule has 52 heavy (non-hydrogen) atoms. The molecule has 0 aromatic rings. The molecule has 12 heteroatoms. The van der Waals surface area contributed by atoms with Gasteiger partial charge in [0.2, 0.25) is 0 Å². The van der Waals surface area contributed by atoms with Gasteiger partial charge in [-0.15, -0.1) is 0 Å². The van der Waals surface area contributed by atoms with Crippen LogP contribution in [-0.4, -0.2) is 44.3 Å². The van der Waals surface area contributed by atoms with Crippen molar-refractivity contribution in [2.24, 2.45) is 0 Å². The minimum absolute atomic E-state index is 0. The maximum Gasteiger partial charge on any atom is 0.303 e. The first-order chi connectivity index (χ1) is 23.2. The van der Waals surface area contributed by atoms with Crippen molar-refractivity contribution in [1.29, 1.82) is 0 Å². The minimum Gasteiger partial charge on any atom is -0.481 e. The van der Waals surface area contributed by atoms with Crippen LogP contribution in [0.2, 0.25) is 0 Å². The molecule has 0 heterocycles. The summed E-state index contributed by atoms with van der Waals surface area (Å²) in [6.07, 6.45) is 40.8. The van der Waals surface area contributed by atoms with Gasteiger partial charge < -0.3 is 20.4 Å². The van der Waals surface area contributed by atoms with Gasteiger partial charge in [0.15, 0.2) is 0 Å². The first-order valence-electron chi connectivity index (χ1n) is 19.7. The number of hydrogen-bond donors (Lipinski definition) is 4. The third-order valence-corrected chi connectivity index (χ3v) is 8.20. The van der Waals surface area contributed by atoms with Gasteiger partial charge in [0.1, 0.15) is 0 Å². The van der Waals surface area contributed by atoms with Crippen molar-refractivity contribution < 1.29 is 121 Å². The van der Waals surface area contributed by atoms with Crippen LogP contribution in [0.3, 0.4) is 0 Å². The van der Waals surface area contributed by atoms with Crippen molar-refractivity contribution in [3.63, 3.8) is 0 Å². The van der Waals surface area contributed by atoms with Gasteiger partial charge in [-0.05, 0) is 38.5 Å². The second kappa shape index (κ2) is 60.5. The zero-order chi connectivity index (χ0) is 36.4. The quantitative estimate of drug-likeness (QED) is 0.0283. The molecule has 0 aromatic heterocycles. The summed E-state index contributed by atoms with van der Waals surface area (Å²) in [6.45, 7) is 4.53. The van der Waals surface area contributed by atoms with Gasteiger partial charge in [0, 0.05) is 94.5 Å². The van der Waals surface area contributed by atoms with E-state index in [1.54, 1.807) is 0 Å². The van der Waals surface area contributed by atoms with Gasteiger partial charge in [-0.2, -0.15) is 0 Å². The van der Waals surface area contributed by atoms with Crippen molar-refractivity contribution in [1.82, 2.24) is 0 Å². The molecule has 0 atom stereocenters. The molecule has 0 aliphatic carbocycles. The summed E-state index contributed by atoms with van der Waals surface area (Å²) in [5.74, 6) is -3.47. The number of unbranched alkanes of at least 4 members (excludes halogenated alkanes) is 25. The van der Waals surface area contributed by atoms with Crippen molar-refractivity contribution in [2.75, 3.05) is 0 Å². The number of carboxylic acids is 4. The summed E-state index contributed by atoms with van der Waals surface area (Å²) < 4.78 is 0. The average Bonchev–Trinajstić information content (AvgIpc) is 3.04. The number of allylic oxidation sites excluding steroid dienone is 2. The van der Waals surface area contributed by atoms with Crippen LogP contribution in [0.15, 0.2) is 12.2 Å². The normalized spacial score (nSPS) is 9.81. The fraction of sp³-hybridized carbons (Fsp3) is 0.850. The molecular weight excluding hydrogens is 1030 g/mol. The van der Waals surface area contributed by atoms with E-state index in [4.69, 9.17) is 20.4 Å². The smallest absolute Gasteiger partial charge is 0.303 e. The van der Waals surface area contributed by atoms with Crippen LogP contribution in [0, 0.1) is 0 Å². The summed E-state index contributed by atoms with van der Waals surface area (Å²) in [4.78, 5) is 39.9. The van der Waals surface area contributed by atoms with E-state index in [9.17, 15) is 19.2 Å². The number of aliphatic carboxylic acids is 4. The molecule has 0 aliphatic heterocycles. The molecule has 0 aliphatic rings. The molecule has 4 N–H and O–H groups in total. The predicted molar refractivity (Wildman–Crippen MR) is 199 cm³/mol. The number of carboxylic acid groups (broad SMARTS) is 4. The zero-order valence-corrected chi connectivity index (χ0v) is 38.7. The fourth-order valence-electron chi connectivity index (χ4n) is 5.21. The SMILES string of the molecule is CCCCCCCCC=CCCCCCCCC(=O)O.CCCCCCCCCCCCCCCCCC(=O)O.O=C(O)CCC(=O)O.[Pd].[Pd].[Pd].[Pd]. The maximum atomic E-state index is 10.3. The van der Waals surface area contributed by atoms with Gasteiger partial charge in [-0.3, -0.25) is 19.2 Å². The van der Waals surface area contributed by atoms with Gasteiger partial charge >= 0.3 is 23.9 Å². The molecule has 0 saturated heterocycles. The molecule has 0 saturated carbocycles. The average molecular weight is 1110 g/mol. The van der Waals surface area contributed by atoms with E-state index in [-0.39, 0.29) is 94.5 Å². The Morgan fingerprint density at radius 2 is 0.500 bits per heavy atom. The summed E-state index contributed by atoms with van der Waals surface area (Å²) in [5, 5.41) is 32.8. The monoisotopic (exact) mass is 1110 g/mol. The Morgan fingerprint density at radius 3 is 0.712 bits per heavy atom. The molecule has 0 rings (SSSR count). The molecular formula is C40H76O8Pd4. The topological polar surface area (TPSA) is 149 Å². The Kier molecular flexibility index (Phi) is 78.0. The van der Waals surface area contributed by atoms with E-state index in [2.05, 4.69) is 26.0 Å². The Morgan fingerprint density at radius 1 is 0.308 bits per heavy atom. The molecule has 0 unspecified atom stereocenters. The Labute approximate surface area is 373 Å². The largest absolute Gasteiger partial charge is 0.481 e. The van der Waals surface area contributed by atoms with Crippen LogP contribution in [0.5, 0.6) is 0 Å². The summed E-state index contributed by atoms with van der Waals surface area (Å²) in [5.41, 5.74) is 0. The van der Waals surface area contributed by atoms with Crippen LogP contribution < -0.4 is 0 Å². The van der Waals surface area contributed by atoms with Crippen molar-refractivity contribution in [3.05, 3.63) is 12.2 Å². The first-order valence-corrected chi connectivity index (χ1v) is 19.7. The third kappa shape index (κ3) is 79.1. The first kappa shape index (κ1) is 67.0. The van der Waals surface area contributed by atoms with Crippen LogP contribution in [-0.2, 0) is 101 Å². The molecule has 0 fully saturated rings. The second-order valence-electron chi connectivity index (χ2n) is 13.1. The van der Waals surface area contributed by atoms with Gasteiger partial charge in [0.25, 0.3) is 0 Å². The third-order valence-electron chi connectivity index (χ3n) is 8.20. The predicted octanol–water partition coefficient (Wildman–Crippen LogP) is 12.4. The van der Waals surface area contributed by atoms with Crippen LogP contribution >= 0.6 is 0 Å². The van der Waals surface area contributed by atoms with Crippen LogP contribution in [0.1, 0.15) is 219 Å². The molecule has 0 aromatic carbocycles. The zero-order valence-electron chi connectivity index (χ0n) is 32.5. The fourth-order valence-corrected chi connectivity index (χ4v) is 5.21.